The zero-order valence-corrected chi connectivity index (χ0v) is 12.8. The van der Waals surface area contributed by atoms with Crippen molar-refractivity contribution in [1.82, 2.24) is 4.98 Å². The lowest BCUT2D eigenvalue weighted by Crippen LogP contribution is -2.15. The molecule has 0 amide bonds. The molecule has 1 atom stereocenters. The average molecular weight is 312 g/mol. The highest BCUT2D eigenvalue weighted by molar-refractivity contribution is 7.91. The van der Waals surface area contributed by atoms with E-state index >= 15 is 0 Å². The summed E-state index contributed by atoms with van der Waals surface area (Å²) < 4.78 is 29.1. The summed E-state index contributed by atoms with van der Waals surface area (Å²) in [5, 5.41) is 4.08. The molecule has 1 aliphatic rings. The largest absolute Gasteiger partial charge is 0.497 e. The molecule has 1 aliphatic heterocycles. The highest BCUT2D eigenvalue weighted by atomic mass is 32.2. The van der Waals surface area contributed by atoms with Crippen LogP contribution in [0.15, 0.2) is 18.2 Å². The molecule has 1 aromatic heterocycles. The van der Waals surface area contributed by atoms with Crippen LogP contribution in [0.1, 0.15) is 6.42 Å². The van der Waals surface area contributed by atoms with Crippen molar-refractivity contribution in [2.75, 3.05) is 30.5 Å². The minimum Gasteiger partial charge on any atom is -0.497 e. The van der Waals surface area contributed by atoms with Gasteiger partial charge in [-0.15, -0.1) is 0 Å². The molecule has 3 rings (SSSR count). The number of methoxy groups -OCH3 is 1. The molecular formula is C13H16N2O3S2. The van der Waals surface area contributed by atoms with Crippen molar-refractivity contribution >= 4 is 36.5 Å². The SMILES string of the molecule is COc1ccc2nc(NCC3CCS(=O)(=O)C3)sc2c1. The first-order valence-corrected chi connectivity index (χ1v) is 9.08. The third-order valence-corrected chi connectivity index (χ3v) is 6.28. The molecule has 7 heteroatoms. The first-order valence-electron chi connectivity index (χ1n) is 6.44. The molecule has 1 N–H and O–H groups in total. The molecule has 20 heavy (non-hydrogen) atoms. The Hall–Kier alpha value is -1.34. The summed E-state index contributed by atoms with van der Waals surface area (Å²) in [6, 6.07) is 5.77. The lowest BCUT2D eigenvalue weighted by Gasteiger charge is -2.07. The lowest BCUT2D eigenvalue weighted by atomic mass is 10.1. The van der Waals surface area contributed by atoms with E-state index < -0.39 is 9.84 Å². The number of benzene rings is 1. The van der Waals surface area contributed by atoms with Crippen molar-refractivity contribution in [3.63, 3.8) is 0 Å². The minimum absolute atomic E-state index is 0.196. The number of aromatic nitrogens is 1. The van der Waals surface area contributed by atoms with E-state index in [1.807, 2.05) is 18.2 Å². The zero-order chi connectivity index (χ0) is 14.2. The van der Waals surface area contributed by atoms with Crippen LogP contribution in [0, 0.1) is 5.92 Å². The quantitative estimate of drug-likeness (QED) is 0.937. The fraction of sp³-hybridized carbons (Fsp3) is 0.462. The van der Waals surface area contributed by atoms with Crippen molar-refractivity contribution in [3.8, 4) is 5.75 Å². The van der Waals surface area contributed by atoms with Crippen LogP contribution < -0.4 is 10.1 Å². The predicted molar refractivity (Wildman–Crippen MR) is 81.4 cm³/mol. The topological polar surface area (TPSA) is 68.3 Å². The molecule has 0 saturated carbocycles. The van der Waals surface area contributed by atoms with Crippen molar-refractivity contribution in [2.24, 2.45) is 5.92 Å². The van der Waals surface area contributed by atoms with Gasteiger partial charge in [0.15, 0.2) is 15.0 Å². The molecule has 2 heterocycles. The summed E-state index contributed by atoms with van der Waals surface area (Å²) in [6.45, 7) is 0.663. The van der Waals surface area contributed by atoms with Gasteiger partial charge in [0.1, 0.15) is 5.75 Å². The smallest absolute Gasteiger partial charge is 0.183 e. The second kappa shape index (κ2) is 5.21. The maximum atomic E-state index is 11.4. The molecule has 1 fully saturated rings. The van der Waals surface area contributed by atoms with E-state index in [0.717, 1.165) is 27.5 Å². The van der Waals surface area contributed by atoms with E-state index in [9.17, 15) is 8.42 Å². The summed E-state index contributed by atoms with van der Waals surface area (Å²) in [5.74, 6) is 1.62. The van der Waals surface area contributed by atoms with E-state index in [0.29, 0.717) is 18.1 Å². The second-order valence-corrected chi connectivity index (χ2v) is 8.26. The van der Waals surface area contributed by atoms with Gasteiger partial charge >= 0.3 is 0 Å². The zero-order valence-electron chi connectivity index (χ0n) is 11.1. The molecule has 0 aliphatic carbocycles. The molecule has 108 valence electrons. The van der Waals surface area contributed by atoms with Gasteiger partial charge in [0, 0.05) is 6.54 Å². The first-order chi connectivity index (χ1) is 9.55. The van der Waals surface area contributed by atoms with Crippen LogP contribution in [0.2, 0.25) is 0 Å². The number of hydrogen-bond acceptors (Lipinski definition) is 6. The lowest BCUT2D eigenvalue weighted by molar-refractivity contribution is 0.415. The van der Waals surface area contributed by atoms with Gasteiger partial charge < -0.3 is 10.1 Å². The second-order valence-electron chi connectivity index (χ2n) is 5.00. The van der Waals surface area contributed by atoms with E-state index in [4.69, 9.17) is 4.74 Å². The molecular weight excluding hydrogens is 296 g/mol. The Morgan fingerprint density at radius 1 is 1.50 bits per heavy atom. The Morgan fingerprint density at radius 3 is 3.05 bits per heavy atom. The number of anilines is 1. The Kier molecular flexibility index (Phi) is 3.55. The van der Waals surface area contributed by atoms with Crippen molar-refractivity contribution in [1.29, 1.82) is 0 Å². The molecule has 0 radical (unpaired) electrons. The van der Waals surface area contributed by atoms with Crippen molar-refractivity contribution in [3.05, 3.63) is 18.2 Å². The maximum absolute atomic E-state index is 11.4. The van der Waals surface area contributed by atoms with Crippen LogP contribution in [0.5, 0.6) is 5.75 Å². The number of rotatable bonds is 4. The van der Waals surface area contributed by atoms with Crippen LogP contribution in [0.4, 0.5) is 5.13 Å². The fourth-order valence-corrected chi connectivity index (χ4v) is 5.14. The van der Waals surface area contributed by atoms with E-state index in [2.05, 4.69) is 10.3 Å². The van der Waals surface area contributed by atoms with Gasteiger partial charge in [-0.2, -0.15) is 0 Å². The maximum Gasteiger partial charge on any atom is 0.183 e. The molecule has 2 aromatic rings. The Morgan fingerprint density at radius 2 is 2.35 bits per heavy atom. The third kappa shape index (κ3) is 2.88. The number of sulfone groups is 1. The Bertz CT molecular complexity index is 724. The monoisotopic (exact) mass is 312 g/mol. The van der Waals surface area contributed by atoms with Gasteiger partial charge in [-0.3, -0.25) is 0 Å². The molecule has 5 nitrogen and oxygen atoms in total. The average Bonchev–Trinajstić information content (AvgIpc) is 2.98. The summed E-state index contributed by atoms with van der Waals surface area (Å²) in [7, 11) is -1.17. The number of ether oxygens (including phenoxy) is 1. The van der Waals surface area contributed by atoms with E-state index in [1.165, 1.54) is 0 Å². The summed E-state index contributed by atoms with van der Waals surface area (Å²) in [5.41, 5.74) is 0.928. The number of nitrogens with zero attached hydrogens (tertiary/aromatic N) is 1. The fourth-order valence-electron chi connectivity index (χ4n) is 2.37. The van der Waals surface area contributed by atoms with Crippen LogP contribution >= 0.6 is 11.3 Å². The molecule has 0 spiro atoms. The molecule has 0 bridgehead atoms. The Balaban J connectivity index is 1.69. The van der Waals surface area contributed by atoms with Crippen molar-refractivity contribution in [2.45, 2.75) is 6.42 Å². The van der Waals surface area contributed by atoms with Crippen molar-refractivity contribution < 1.29 is 13.2 Å². The number of hydrogen-bond donors (Lipinski definition) is 1. The van der Waals surface area contributed by atoms with E-state index in [1.54, 1.807) is 18.4 Å². The summed E-state index contributed by atoms with van der Waals surface area (Å²) >= 11 is 1.56. The van der Waals surface area contributed by atoms with Crippen LogP contribution in [0.3, 0.4) is 0 Å². The van der Waals surface area contributed by atoms with Crippen LogP contribution in [-0.4, -0.2) is 38.6 Å². The highest BCUT2D eigenvalue weighted by Gasteiger charge is 2.27. The summed E-state index contributed by atoms with van der Waals surface area (Å²) in [4.78, 5) is 4.49. The molecule has 1 saturated heterocycles. The standard InChI is InChI=1S/C13H16N2O3S2/c1-18-10-2-3-11-12(6-10)19-13(15-11)14-7-9-4-5-20(16,17)8-9/h2-3,6,9H,4-5,7-8H2,1H3,(H,14,15). The highest BCUT2D eigenvalue weighted by Crippen LogP contribution is 2.29. The minimum atomic E-state index is -2.81. The molecule has 1 unspecified atom stereocenters. The number of nitrogens with one attached hydrogen (secondary N) is 1. The Labute approximate surface area is 121 Å². The number of thiazole rings is 1. The van der Waals surface area contributed by atoms with Gasteiger partial charge in [0.2, 0.25) is 0 Å². The van der Waals surface area contributed by atoms with Crippen LogP contribution in [0.25, 0.3) is 10.2 Å². The number of fused-ring (bicyclic) bond motifs is 1. The van der Waals surface area contributed by atoms with Gasteiger partial charge in [-0.05, 0) is 30.5 Å². The summed E-state index contributed by atoms with van der Waals surface area (Å²) in [6.07, 6.45) is 0.744. The van der Waals surface area contributed by atoms with Crippen LogP contribution in [-0.2, 0) is 9.84 Å². The van der Waals surface area contributed by atoms with Gasteiger partial charge in [0.25, 0.3) is 0 Å². The van der Waals surface area contributed by atoms with E-state index in [-0.39, 0.29) is 5.92 Å². The normalized spacial score (nSPS) is 21.1. The third-order valence-electron chi connectivity index (χ3n) is 3.46. The predicted octanol–water partition coefficient (Wildman–Crippen LogP) is 2.15. The first kappa shape index (κ1) is 13.6. The van der Waals surface area contributed by atoms with Gasteiger partial charge in [-0.1, -0.05) is 11.3 Å². The van der Waals surface area contributed by atoms with Gasteiger partial charge in [-0.25, -0.2) is 13.4 Å². The molecule has 1 aromatic carbocycles. The van der Waals surface area contributed by atoms with Gasteiger partial charge in [0.05, 0.1) is 28.8 Å².